The molecule has 7 heteroatoms. The molecule has 1 heterocycles. The standard InChI is InChI=1S/C18H19FN2O3S/c19-16-10-4-5-11-17(16)20-18(22)14-7-6-12-21(13-14)25(23,24)15-8-2-1-3-9-15/h1-5,8-11,14H,6-7,12-13H2,(H,20,22)/t14-/m0/s1. The molecule has 132 valence electrons. The lowest BCUT2D eigenvalue weighted by molar-refractivity contribution is -0.120. The molecule has 1 fully saturated rings. The maximum absolute atomic E-state index is 13.7. The van der Waals surface area contributed by atoms with E-state index in [1.807, 2.05) is 0 Å². The number of benzene rings is 2. The van der Waals surface area contributed by atoms with Crippen LogP contribution in [-0.2, 0) is 14.8 Å². The first kappa shape index (κ1) is 17.6. The Morgan fingerprint density at radius 3 is 2.48 bits per heavy atom. The van der Waals surface area contributed by atoms with Gasteiger partial charge in [-0.2, -0.15) is 4.31 Å². The molecular weight excluding hydrogens is 343 g/mol. The monoisotopic (exact) mass is 362 g/mol. The molecule has 3 rings (SSSR count). The number of hydrogen-bond donors (Lipinski definition) is 1. The van der Waals surface area contributed by atoms with Crippen LogP contribution in [0.5, 0.6) is 0 Å². The van der Waals surface area contributed by atoms with Gasteiger partial charge in [0.15, 0.2) is 0 Å². The smallest absolute Gasteiger partial charge is 0.243 e. The van der Waals surface area contributed by atoms with Crippen LogP contribution in [0.3, 0.4) is 0 Å². The largest absolute Gasteiger partial charge is 0.323 e. The number of anilines is 1. The highest BCUT2D eigenvalue weighted by Crippen LogP contribution is 2.25. The molecular formula is C18H19FN2O3S. The fraction of sp³-hybridized carbons (Fsp3) is 0.278. The van der Waals surface area contributed by atoms with E-state index in [1.165, 1.54) is 16.4 Å². The second-order valence-corrected chi connectivity index (χ2v) is 7.92. The molecule has 1 saturated heterocycles. The molecule has 1 amide bonds. The number of carbonyl (C=O) groups is 1. The van der Waals surface area contributed by atoms with Crippen molar-refractivity contribution in [2.24, 2.45) is 5.92 Å². The van der Waals surface area contributed by atoms with E-state index >= 15 is 0 Å². The summed E-state index contributed by atoms with van der Waals surface area (Å²) in [7, 11) is -3.63. The lowest BCUT2D eigenvalue weighted by Crippen LogP contribution is -2.43. The Bertz CT molecular complexity index is 856. The molecule has 0 saturated carbocycles. The molecule has 0 aliphatic carbocycles. The van der Waals surface area contributed by atoms with E-state index in [2.05, 4.69) is 5.32 Å². The zero-order valence-electron chi connectivity index (χ0n) is 13.6. The zero-order chi connectivity index (χ0) is 17.9. The van der Waals surface area contributed by atoms with Crippen molar-refractivity contribution in [1.29, 1.82) is 0 Å². The van der Waals surface area contributed by atoms with Gasteiger partial charge in [0.25, 0.3) is 0 Å². The van der Waals surface area contributed by atoms with E-state index in [0.29, 0.717) is 19.4 Å². The van der Waals surface area contributed by atoms with E-state index in [1.54, 1.807) is 42.5 Å². The highest BCUT2D eigenvalue weighted by Gasteiger charge is 2.33. The van der Waals surface area contributed by atoms with Crippen molar-refractivity contribution in [3.05, 3.63) is 60.4 Å². The van der Waals surface area contributed by atoms with Crippen LogP contribution in [0.1, 0.15) is 12.8 Å². The molecule has 0 bridgehead atoms. The lowest BCUT2D eigenvalue weighted by Gasteiger charge is -2.31. The summed E-state index contributed by atoms with van der Waals surface area (Å²) in [6.45, 7) is 0.470. The maximum Gasteiger partial charge on any atom is 0.243 e. The number of halogens is 1. The highest BCUT2D eigenvalue weighted by molar-refractivity contribution is 7.89. The summed E-state index contributed by atoms with van der Waals surface area (Å²) in [6.07, 6.45) is 1.16. The Kier molecular flexibility index (Phi) is 5.15. The Morgan fingerprint density at radius 2 is 1.76 bits per heavy atom. The Balaban J connectivity index is 1.73. The number of nitrogens with one attached hydrogen (secondary N) is 1. The summed E-state index contributed by atoms with van der Waals surface area (Å²) < 4.78 is 40.4. The van der Waals surface area contributed by atoms with Crippen LogP contribution < -0.4 is 5.32 Å². The van der Waals surface area contributed by atoms with E-state index < -0.39 is 21.8 Å². The van der Waals surface area contributed by atoms with Gasteiger partial charge in [-0.3, -0.25) is 4.79 Å². The van der Waals surface area contributed by atoms with Gasteiger partial charge in [-0.15, -0.1) is 0 Å². The molecule has 1 atom stereocenters. The van der Waals surface area contributed by atoms with Gasteiger partial charge in [0.2, 0.25) is 15.9 Å². The van der Waals surface area contributed by atoms with Crippen LogP contribution in [0.2, 0.25) is 0 Å². The van der Waals surface area contributed by atoms with Crippen LogP contribution in [0.15, 0.2) is 59.5 Å². The molecule has 5 nitrogen and oxygen atoms in total. The molecule has 2 aromatic carbocycles. The van der Waals surface area contributed by atoms with Crippen LogP contribution in [0.25, 0.3) is 0 Å². The van der Waals surface area contributed by atoms with Gasteiger partial charge < -0.3 is 5.32 Å². The topological polar surface area (TPSA) is 66.5 Å². The Labute approximate surface area is 146 Å². The first-order valence-electron chi connectivity index (χ1n) is 8.09. The lowest BCUT2D eigenvalue weighted by atomic mass is 9.98. The number of rotatable bonds is 4. The van der Waals surface area contributed by atoms with Crippen molar-refractivity contribution < 1.29 is 17.6 Å². The van der Waals surface area contributed by atoms with Gasteiger partial charge in [-0.1, -0.05) is 30.3 Å². The molecule has 1 aliphatic heterocycles. The normalized spacial score (nSPS) is 18.7. The van der Waals surface area contributed by atoms with Crippen LogP contribution in [0.4, 0.5) is 10.1 Å². The van der Waals surface area contributed by atoms with Crippen molar-refractivity contribution in [3.8, 4) is 0 Å². The van der Waals surface area contributed by atoms with Gasteiger partial charge in [-0.25, -0.2) is 12.8 Å². The van der Waals surface area contributed by atoms with Crippen molar-refractivity contribution in [2.75, 3.05) is 18.4 Å². The van der Waals surface area contributed by atoms with Crippen LogP contribution in [0, 0.1) is 11.7 Å². The zero-order valence-corrected chi connectivity index (χ0v) is 14.4. The molecule has 0 spiro atoms. The minimum atomic E-state index is -3.63. The molecule has 25 heavy (non-hydrogen) atoms. The number of para-hydroxylation sites is 1. The predicted octanol–water partition coefficient (Wildman–Crippen LogP) is 2.87. The molecule has 1 N–H and O–H groups in total. The third kappa shape index (κ3) is 3.88. The minimum absolute atomic E-state index is 0.0948. The average molecular weight is 362 g/mol. The summed E-state index contributed by atoms with van der Waals surface area (Å²) in [5.41, 5.74) is 0.107. The SMILES string of the molecule is O=C(Nc1ccccc1F)[C@H]1CCCN(S(=O)(=O)c2ccccc2)C1. The fourth-order valence-electron chi connectivity index (χ4n) is 2.91. The van der Waals surface area contributed by atoms with Gasteiger partial charge in [-0.05, 0) is 37.1 Å². The summed E-state index contributed by atoms with van der Waals surface area (Å²) in [5.74, 6) is -1.38. The highest BCUT2D eigenvalue weighted by atomic mass is 32.2. The predicted molar refractivity (Wildman–Crippen MR) is 93.0 cm³/mol. The summed E-state index contributed by atoms with van der Waals surface area (Å²) in [6, 6.07) is 14.1. The van der Waals surface area contributed by atoms with Crippen molar-refractivity contribution >= 4 is 21.6 Å². The number of carbonyl (C=O) groups excluding carboxylic acids is 1. The fourth-order valence-corrected chi connectivity index (χ4v) is 4.46. The first-order valence-corrected chi connectivity index (χ1v) is 9.53. The summed E-state index contributed by atoms with van der Waals surface area (Å²) in [4.78, 5) is 12.6. The van der Waals surface area contributed by atoms with E-state index in [0.717, 1.165) is 0 Å². The summed E-state index contributed by atoms with van der Waals surface area (Å²) >= 11 is 0. The van der Waals surface area contributed by atoms with E-state index in [4.69, 9.17) is 0 Å². The third-order valence-corrected chi connectivity index (χ3v) is 6.15. The molecule has 0 radical (unpaired) electrons. The second kappa shape index (κ2) is 7.33. The van der Waals surface area contributed by atoms with Gasteiger partial charge in [0, 0.05) is 13.1 Å². The van der Waals surface area contributed by atoms with E-state index in [-0.39, 0.29) is 23.0 Å². The van der Waals surface area contributed by atoms with Crippen LogP contribution in [-0.4, -0.2) is 31.7 Å². The maximum atomic E-state index is 13.7. The van der Waals surface area contributed by atoms with Gasteiger partial charge in [0.1, 0.15) is 5.82 Å². The quantitative estimate of drug-likeness (QED) is 0.909. The first-order chi connectivity index (χ1) is 12.0. The van der Waals surface area contributed by atoms with Crippen LogP contribution >= 0.6 is 0 Å². The number of amides is 1. The Morgan fingerprint density at radius 1 is 1.08 bits per heavy atom. The van der Waals surface area contributed by atoms with Gasteiger partial charge in [0.05, 0.1) is 16.5 Å². The number of hydrogen-bond acceptors (Lipinski definition) is 3. The third-order valence-electron chi connectivity index (χ3n) is 4.27. The second-order valence-electron chi connectivity index (χ2n) is 5.98. The van der Waals surface area contributed by atoms with Crippen molar-refractivity contribution in [2.45, 2.75) is 17.7 Å². The van der Waals surface area contributed by atoms with Gasteiger partial charge >= 0.3 is 0 Å². The number of sulfonamides is 1. The van der Waals surface area contributed by atoms with Crippen molar-refractivity contribution in [1.82, 2.24) is 4.31 Å². The average Bonchev–Trinajstić information content (AvgIpc) is 2.64. The molecule has 2 aromatic rings. The summed E-state index contributed by atoms with van der Waals surface area (Å²) in [5, 5.41) is 2.56. The molecule has 0 aromatic heterocycles. The van der Waals surface area contributed by atoms with Crippen molar-refractivity contribution in [3.63, 3.8) is 0 Å². The minimum Gasteiger partial charge on any atom is -0.323 e. The molecule has 1 aliphatic rings. The number of piperidine rings is 1. The van der Waals surface area contributed by atoms with E-state index in [9.17, 15) is 17.6 Å². The molecule has 0 unspecified atom stereocenters. The Hall–Kier alpha value is -2.25. The number of nitrogens with zero attached hydrogens (tertiary/aromatic N) is 1.